The highest BCUT2D eigenvalue weighted by Crippen LogP contribution is 2.28. The Hall–Kier alpha value is -1.65. The monoisotopic (exact) mass is 303 g/mol. The van der Waals surface area contributed by atoms with Crippen LogP contribution in [0.15, 0.2) is 59.5 Å². The van der Waals surface area contributed by atoms with Gasteiger partial charge >= 0.3 is 0 Å². The maximum Gasteiger partial charge on any atom is 0.134 e. The van der Waals surface area contributed by atoms with E-state index in [0.29, 0.717) is 5.75 Å². The van der Waals surface area contributed by atoms with Crippen molar-refractivity contribution in [2.45, 2.75) is 23.1 Å². The summed E-state index contributed by atoms with van der Waals surface area (Å²) in [5.41, 5.74) is 1.13. The summed E-state index contributed by atoms with van der Waals surface area (Å²) in [6.45, 7) is 2.00. The van der Waals surface area contributed by atoms with Crippen LogP contribution in [-0.2, 0) is 10.8 Å². The quantitative estimate of drug-likeness (QED) is 0.891. The van der Waals surface area contributed by atoms with Gasteiger partial charge in [-0.25, -0.2) is 0 Å². The summed E-state index contributed by atoms with van der Waals surface area (Å²) in [6, 6.07) is 17.6. The molecule has 3 unspecified atom stereocenters. The molecule has 0 aromatic heterocycles. The lowest BCUT2D eigenvalue weighted by Gasteiger charge is -2.24. The van der Waals surface area contributed by atoms with Crippen molar-refractivity contribution in [2.75, 3.05) is 14.2 Å². The number of hydrogen-bond donors (Lipinski definition) is 1. The highest BCUT2D eigenvalue weighted by molar-refractivity contribution is 7.85. The van der Waals surface area contributed by atoms with E-state index < -0.39 is 10.8 Å². The molecular weight excluding hydrogens is 282 g/mol. The van der Waals surface area contributed by atoms with Crippen LogP contribution in [0.2, 0.25) is 0 Å². The number of benzene rings is 2. The molecule has 0 aliphatic carbocycles. The van der Waals surface area contributed by atoms with Crippen molar-refractivity contribution >= 4 is 10.8 Å². The molecule has 0 spiro atoms. The predicted octanol–water partition coefficient (Wildman–Crippen LogP) is 3.15. The van der Waals surface area contributed by atoms with Gasteiger partial charge in [0.2, 0.25) is 0 Å². The summed E-state index contributed by atoms with van der Waals surface area (Å²) in [5, 5.41) is 3.20. The standard InChI is InChI=1S/C17H21NO2S/c1-13(17(18-2)14-9-5-4-6-10-14)21(19)16-12-8-7-11-15(16)20-3/h4-13,17-18H,1-3H3. The SMILES string of the molecule is CNC(c1ccccc1)C(C)S(=O)c1ccccc1OC. The van der Waals surface area contributed by atoms with Gasteiger partial charge in [0.1, 0.15) is 5.75 Å². The van der Waals surface area contributed by atoms with Gasteiger partial charge in [0, 0.05) is 6.04 Å². The van der Waals surface area contributed by atoms with Gasteiger partial charge in [-0.15, -0.1) is 0 Å². The van der Waals surface area contributed by atoms with E-state index in [1.807, 2.05) is 56.4 Å². The van der Waals surface area contributed by atoms with E-state index in [-0.39, 0.29) is 11.3 Å². The van der Waals surface area contributed by atoms with Crippen LogP contribution in [0.4, 0.5) is 0 Å². The van der Waals surface area contributed by atoms with Crippen molar-refractivity contribution in [3.05, 3.63) is 60.2 Å². The molecule has 0 heterocycles. The third-order valence-corrected chi connectivity index (χ3v) is 5.28. The zero-order valence-electron chi connectivity index (χ0n) is 12.6. The van der Waals surface area contributed by atoms with Gasteiger partial charge < -0.3 is 10.1 Å². The Bertz CT molecular complexity index is 601. The van der Waals surface area contributed by atoms with Crippen molar-refractivity contribution in [3.63, 3.8) is 0 Å². The minimum Gasteiger partial charge on any atom is -0.495 e. The lowest BCUT2D eigenvalue weighted by molar-refractivity contribution is 0.403. The van der Waals surface area contributed by atoms with Crippen molar-refractivity contribution in [1.82, 2.24) is 5.32 Å². The summed E-state index contributed by atoms with van der Waals surface area (Å²) >= 11 is 0. The molecule has 0 radical (unpaired) electrons. The Labute approximate surface area is 128 Å². The molecule has 0 aliphatic rings. The van der Waals surface area contributed by atoms with Crippen LogP contribution in [0, 0.1) is 0 Å². The van der Waals surface area contributed by atoms with Crippen molar-refractivity contribution < 1.29 is 8.95 Å². The van der Waals surface area contributed by atoms with Crippen LogP contribution in [0.25, 0.3) is 0 Å². The number of ether oxygens (including phenoxy) is 1. The van der Waals surface area contributed by atoms with Gasteiger partial charge in [0.05, 0.1) is 28.1 Å². The van der Waals surface area contributed by atoms with E-state index in [9.17, 15) is 4.21 Å². The lowest BCUT2D eigenvalue weighted by Crippen LogP contribution is -2.30. The van der Waals surface area contributed by atoms with Crippen LogP contribution < -0.4 is 10.1 Å². The molecule has 0 amide bonds. The summed E-state index contributed by atoms with van der Waals surface area (Å²) in [4.78, 5) is 0.740. The van der Waals surface area contributed by atoms with E-state index in [1.54, 1.807) is 7.11 Å². The summed E-state index contributed by atoms with van der Waals surface area (Å²) in [5.74, 6) is 0.672. The second-order valence-corrected chi connectivity index (χ2v) is 6.61. The number of nitrogens with one attached hydrogen (secondary N) is 1. The summed E-state index contributed by atoms with van der Waals surface area (Å²) in [6.07, 6.45) is 0. The Morgan fingerprint density at radius 2 is 1.67 bits per heavy atom. The van der Waals surface area contributed by atoms with Gasteiger partial charge in [0.25, 0.3) is 0 Å². The van der Waals surface area contributed by atoms with Gasteiger partial charge in [-0.3, -0.25) is 4.21 Å². The van der Waals surface area contributed by atoms with Crippen LogP contribution in [0.3, 0.4) is 0 Å². The number of rotatable bonds is 6. The normalized spacial score (nSPS) is 15.2. The summed E-state index contributed by atoms with van der Waals surface area (Å²) in [7, 11) is 2.34. The molecule has 112 valence electrons. The molecule has 21 heavy (non-hydrogen) atoms. The van der Waals surface area contributed by atoms with Gasteiger partial charge in [-0.05, 0) is 31.7 Å². The fourth-order valence-corrected chi connectivity index (χ4v) is 3.94. The third-order valence-electron chi connectivity index (χ3n) is 3.56. The molecule has 4 heteroatoms. The molecule has 0 saturated heterocycles. The number of methoxy groups -OCH3 is 1. The zero-order valence-corrected chi connectivity index (χ0v) is 13.4. The summed E-state index contributed by atoms with van der Waals surface area (Å²) < 4.78 is 18.2. The molecule has 2 aromatic carbocycles. The van der Waals surface area contributed by atoms with Crippen molar-refractivity contribution in [3.8, 4) is 5.75 Å². The second-order valence-electron chi connectivity index (χ2n) is 4.83. The van der Waals surface area contributed by atoms with Gasteiger partial charge in [0.15, 0.2) is 0 Å². The minimum absolute atomic E-state index is 0.0249. The Kier molecular flexibility index (Phi) is 5.53. The Morgan fingerprint density at radius 1 is 1.05 bits per heavy atom. The molecule has 0 fully saturated rings. The molecule has 3 atom stereocenters. The van der Waals surface area contributed by atoms with E-state index >= 15 is 0 Å². The van der Waals surface area contributed by atoms with E-state index in [1.165, 1.54) is 0 Å². The van der Waals surface area contributed by atoms with E-state index in [0.717, 1.165) is 10.5 Å². The molecular formula is C17H21NO2S. The van der Waals surface area contributed by atoms with Gasteiger partial charge in [-0.2, -0.15) is 0 Å². The molecule has 0 saturated carbocycles. The van der Waals surface area contributed by atoms with Crippen molar-refractivity contribution in [1.29, 1.82) is 0 Å². The maximum absolute atomic E-state index is 12.9. The highest BCUT2D eigenvalue weighted by Gasteiger charge is 2.25. The zero-order chi connectivity index (χ0) is 15.2. The molecule has 0 aliphatic heterocycles. The highest BCUT2D eigenvalue weighted by atomic mass is 32.2. The topological polar surface area (TPSA) is 38.3 Å². The van der Waals surface area contributed by atoms with Crippen LogP contribution in [-0.4, -0.2) is 23.6 Å². The first kappa shape index (κ1) is 15.7. The Morgan fingerprint density at radius 3 is 2.29 bits per heavy atom. The fourth-order valence-electron chi connectivity index (χ4n) is 2.44. The number of hydrogen-bond acceptors (Lipinski definition) is 3. The first-order valence-corrected chi connectivity index (χ1v) is 8.16. The number of para-hydroxylation sites is 1. The average Bonchev–Trinajstić information content (AvgIpc) is 2.55. The third kappa shape index (κ3) is 3.52. The van der Waals surface area contributed by atoms with E-state index in [2.05, 4.69) is 17.4 Å². The Balaban J connectivity index is 2.29. The molecule has 3 nitrogen and oxygen atoms in total. The predicted molar refractivity (Wildman–Crippen MR) is 87.1 cm³/mol. The molecule has 2 aromatic rings. The minimum atomic E-state index is -1.16. The lowest BCUT2D eigenvalue weighted by atomic mass is 10.0. The molecule has 2 rings (SSSR count). The van der Waals surface area contributed by atoms with Crippen LogP contribution >= 0.6 is 0 Å². The molecule has 0 bridgehead atoms. The van der Waals surface area contributed by atoms with Crippen LogP contribution in [0.5, 0.6) is 5.75 Å². The smallest absolute Gasteiger partial charge is 0.134 e. The second kappa shape index (κ2) is 7.38. The first-order chi connectivity index (χ1) is 10.2. The van der Waals surface area contributed by atoms with Crippen molar-refractivity contribution in [2.24, 2.45) is 0 Å². The van der Waals surface area contributed by atoms with E-state index in [4.69, 9.17) is 4.74 Å². The van der Waals surface area contributed by atoms with Gasteiger partial charge in [-0.1, -0.05) is 42.5 Å². The maximum atomic E-state index is 12.9. The fraction of sp³-hybridized carbons (Fsp3) is 0.294. The average molecular weight is 303 g/mol. The largest absolute Gasteiger partial charge is 0.495 e. The molecule has 1 N–H and O–H groups in total. The first-order valence-electron chi connectivity index (χ1n) is 6.94. The van der Waals surface area contributed by atoms with Crippen LogP contribution in [0.1, 0.15) is 18.5 Å².